The summed E-state index contributed by atoms with van der Waals surface area (Å²) in [6.45, 7) is 12.0. The van der Waals surface area contributed by atoms with Gasteiger partial charge in [-0.3, -0.25) is 0 Å². The first-order valence-corrected chi connectivity index (χ1v) is 8.40. The molecule has 0 heterocycles. The Balaban J connectivity index is 1.97. The lowest BCUT2D eigenvalue weighted by molar-refractivity contribution is 0.173. The van der Waals surface area contributed by atoms with Crippen molar-refractivity contribution in [2.45, 2.75) is 66.3 Å². The van der Waals surface area contributed by atoms with Gasteiger partial charge in [0.05, 0.1) is 12.3 Å². The van der Waals surface area contributed by atoms with Crippen LogP contribution in [0.4, 0.5) is 5.69 Å². The molecule has 0 radical (unpaired) electrons. The van der Waals surface area contributed by atoms with Crippen molar-refractivity contribution in [2.75, 3.05) is 11.9 Å². The van der Waals surface area contributed by atoms with Crippen molar-refractivity contribution in [1.29, 1.82) is 0 Å². The summed E-state index contributed by atoms with van der Waals surface area (Å²) < 4.78 is 5.77. The fourth-order valence-corrected chi connectivity index (χ4v) is 3.35. The smallest absolute Gasteiger partial charge is 0.142 e. The molecule has 0 aliphatic heterocycles. The minimum absolute atomic E-state index is 0.450. The Bertz CT molecular complexity index is 453. The van der Waals surface area contributed by atoms with Gasteiger partial charge in [0, 0.05) is 6.04 Å². The van der Waals surface area contributed by atoms with Crippen LogP contribution in [0.5, 0.6) is 5.75 Å². The molecule has 0 unspecified atom stereocenters. The minimum Gasteiger partial charge on any atom is -0.492 e. The van der Waals surface area contributed by atoms with E-state index in [-0.39, 0.29) is 0 Å². The van der Waals surface area contributed by atoms with Crippen LogP contribution >= 0.6 is 0 Å². The summed E-state index contributed by atoms with van der Waals surface area (Å²) in [6.07, 6.45) is 5.19. The van der Waals surface area contributed by atoms with Gasteiger partial charge in [0.1, 0.15) is 5.75 Å². The molecule has 1 aliphatic carbocycles. The monoisotopic (exact) mass is 289 g/mol. The fraction of sp³-hybridized carbons (Fsp3) is 0.684. The van der Waals surface area contributed by atoms with Gasteiger partial charge in [-0.05, 0) is 68.6 Å². The first-order valence-electron chi connectivity index (χ1n) is 8.40. The van der Waals surface area contributed by atoms with Gasteiger partial charge in [-0.2, -0.15) is 0 Å². The van der Waals surface area contributed by atoms with Crippen molar-refractivity contribution in [1.82, 2.24) is 0 Å². The maximum absolute atomic E-state index is 5.77. The highest BCUT2D eigenvalue weighted by atomic mass is 16.5. The molecule has 0 atom stereocenters. The van der Waals surface area contributed by atoms with Crippen LogP contribution in [-0.4, -0.2) is 12.6 Å². The summed E-state index contributed by atoms with van der Waals surface area (Å²) >= 11 is 0. The quantitative estimate of drug-likeness (QED) is 0.800. The van der Waals surface area contributed by atoms with Gasteiger partial charge in [-0.1, -0.05) is 26.8 Å². The van der Waals surface area contributed by atoms with E-state index < -0.39 is 0 Å². The Labute approximate surface area is 130 Å². The van der Waals surface area contributed by atoms with Crippen molar-refractivity contribution >= 4 is 5.69 Å². The summed E-state index contributed by atoms with van der Waals surface area (Å²) in [5.41, 5.74) is 2.85. The number of hydrogen-bond donors (Lipinski definition) is 1. The zero-order valence-electron chi connectivity index (χ0n) is 14.3. The molecule has 1 aliphatic rings. The third-order valence-corrected chi connectivity index (χ3v) is 4.75. The molecular weight excluding hydrogens is 258 g/mol. The number of nitrogens with one attached hydrogen (secondary N) is 1. The lowest BCUT2D eigenvalue weighted by Gasteiger charge is -2.37. The molecule has 0 aromatic heterocycles. The van der Waals surface area contributed by atoms with Crippen LogP contribution in [0.1, 0.15) is 58.9 Å². The van der Waals surface area contributed by atoms with Crippen molar-refractivity contribution < 1.29 is 4.74 Å². The third kappa shape index (κ3) is 4.39. The number of benzene rings is 1. The fourth-order valence-electron chi connectivity index (χ4n) is 3.35. The van der Waals surface area contributed by atoms with E-state index in [9.17, 15) is 0 Å². The lowest BCUT2D eigenvalue weighted by Crippen LogP contribution is -2.31. The molecule has 118 valence electrons. The summed E-state index contributed by atoms with van der Waals surface area (Å²) in [4.78, 5) is 0. The van der Waals surface area contributed by atoms with E-state index in [1.54, 1.807) is 0 Å². The average molecular weight is 289 g/mol. The molecule has 21 heavy (non-hydrogen) atoms. The van der Waals surface area contributed by atoms with Crippen molar-refractivity contribution in [3.05, 3.63) is 23.8 Å². The second-order valence-corrected chi connectivity index (χ2v) is 7.49. The van der Waals surface area contributed by atoms with Gasteiger partial charge in [0.2, 0.25) is 0 Å². The Morgan fingerprint density at radius 1 is 1.14 bits per heavy atom. The van der Waals surface area contributed by atoms with Crippen LogP contribution < -0.4 is 10.1 Å². The molecule has 1 N–H and O–H groups in total. The van der Waals surface area contributed by atoms with Gasteiger partial charge in [0.25, 0.3) is 0 Å². The van der Waals surface area contributed by atoms with Crippen molar-refractivity contribution in [3.63, 3.8) is 0 Å². The van der Waals surface area contributed by atoms with Crippen LogP contribution in [0, 0.1) is 18.3 Å². The van der Waals surface area contributed by atoms with Crippen LogP contribution in [0.25, 0.3) is 0 Å². The zero-order chi connectivity index (χ0) is 15.5. The second-order valence-electron chi connectivity index (χ2n) is 7.49. The Morgan fingerprint density at radius 3 is 2.38 bits per heavy atom. The summed E-state index contributed by atoms with van der Waals surface area (Å²) in [5.74, 6) is 1.86. The van der Waals surface area contributed by atoms with E-state index in [1.165, 1.54) is 31.2 Å². The van der Waals surface area contributed by atoms with Gasteiger partial charge < -0.3 is 10.1 Å². The Kier molecular flexibility index (Phi) is 5.18. The molecule has 2 rings (SSSR count). The van der Waals surface area contributed by atoms with Crippen molar-refractivity contribution in [2.24, 2.45) is 11.3 Å². The highest BCUT2D eigenvalue weighted by Crippen LogP contribution is 2.39. The highest BCUT2D eigenvalue weighted by Gasteiger charge is 2.29. The molecule has 1 aromatic rings. The number of ether oxygens (including phenoxy) is 1. The third-order valence-electron chi connectivity index (χ3n) is 4.75. The van der Waals surface area contributed by atoms with E-state index in [0.717, 1.165) is 24.0 Å². The van der Waals surface area contributed by atoms with Crippen LogP contribution in [0.2, 0.25) is 0 Å². The minimum atomic E-state index is 0.450. The summed E-state index contributed by atoms with van der Waals surface area (Å²) in [7, 11) is 0. The van der Waals surface area contributed by atoms with Crippen LogP contribution in [0.3, 0.4) is 0 Å². The van der Waals surface area contributed by atoms with Crippen molar-refractivity contribution in [3.8, 4) is 5.75 Å². The number of anilines is 1. The lowest BCUT2D eigenvalue weighted by atomic mass is 9.71. The maximum Gasteiger partial charge on any atom is 0.142 e. The van der Waals surface area contributed by atoms with E-state index in [1.807, 2.05) is 6.92 Å². The molecule has 1 saturated carbocycles. The molecule has 2 nitrogen and oxygen atoms in total. The van der Waals surface area contributed by atoms with E-state index in [2.05, 4.69) is 51.2 Å². The maximum atomic E-state index is 5.77. The topological polar surface area (TPSA) is 21.3 Å². The molecule has 2 heteroatoms. The van der Waals surface area contributed by atoms with Gasteiger partial charge in [-0.15, -0.1) is 0 Å². The number of hydrogen-bond acceptors (Lipinski definition) is 2. The Morgan fingerprint density at radius 2 is 1.81 bits per heavy atom. The van der Waals surface area contributed by atoms with Crippen LogP contribution in [0.15, 0.2) is 18.2 Å². The number of rotatable bonds is 4. The zero-order valence-corrected chi connectivity index (χ0v) is 14.3. The predicted molar refractivity (Wildman–Crippen MR) is 91.2 cm³/mol. The molecule has 1 aromatic carbocycles. The van der Waals surface area contributed by atoms with E-state index in [4.69, 9.17) is 4.74 Å². The van der Waals surface area contributed by atoms with E-state index in [0.29, 0.717) is 11.5 Å². The first kappa shape index (κ1) is 16.2. The van der Waals surface area contributed by atoms with Gasteiger partial charge in [-0.25, -0.2) is 0 Å². The van der Waals surface area contributed by atoms with E-state index >= 15 is 0 Å². The highest BCUT2D eigenvalue weighted by molar-refractivity contribution is 5.58. The largest absolute Gasteiger partial charge is 0.492 e. The SMILES string of the molecule is CCOc1cc(C)ccc1NC1CCC(C(C)(C)C)CC1. The second kappa shape index (κ2) is 6.72. The molecule has 0 bridgehead atoms. The standard InChI is InChI=1S/C19H31NO/c1-6-21-18-13-14(2)7-12-17(18)20-16-10-8-15(9-11-16)19(3,4)5/h7,12-13,15-16,20H,6,8-11H2,1-5H3. The molecular formula is C19H31NO. The number of aryl methyl sites for hydroxylation is 1. The van der Waals surface area contributed by atoms with Crippen LogP contribution in [-0.2, 0) is 0 Å². The Hall–Kier alpha value is -1.18. The first-order chi connectivity index (χ1) is 9.90. The van der Waals surface area contributed by atoms with Gasteiger partial charge >= 0.3 is 0 Å². The summed E-state index contributed by atoms with van der Waals surface area (Å²) in [6, 6.07) is 7.04. The summed E-state index contributed by atoms with van der Waals surface area (Å²) in [5, 5.41) is 3.71. The average Bonchev–Trinajstić information content (AvgIpc) is 2.42. The molecule has 1 fully saturated rings. The molecule has 0 spiro atoms. The normalized spacial score (nSPS) is 22.9. The predicted octanol–water partition coefficient (Wildman–Crippen LogP) is 5.41. The molecule has 0 amide bonds. The van der Waals surface area contributed by atoms with Gasteiger partial charge in [0.15, 0.2) is 0 Å². The molecule has 0 saturated heterocycles.